The van der Waals surface area contributed by atoms with Gasteiger partial charge in [0.1, 0.15) is 11.5 Å². The highest BCUT2D eigenvalue weighted by Crippen LogP contribution is 2.18. The van der Waals surface area contributed by atoms with Crippen molar-refractivity contribution in [3.05, 3.63) is 23.7 Å². The van der Waals surface area contributed by atoms with Crippen LogP contribution in [0.15, 0.2) is 16.5 Å². The van der Waals surface area contributed by atoms with E-state index in [0.717, 1.165) is 24.7 Å². The van der Waals surface area contributed by atoms with Gasteiger partial charge in [-0.15, -0.1) is 0 Å². The second-order valence-corrected chi connectivity index (χ2v) is 6.18. The third-order valence-electron chi connectivity index (χ3n) is 4.35. The molecule has 0 saturated carbocycles. The smallest absolute Gasteiger partial charge is 0.104 e. The highest BCUT2D eigenvalue weighted by molar-refractivity contribution is 5.07. The molecule has 0 N–H and O–H groups in total. The Balaban J connectivity index is 2.20. The van der Waals surface area contributed by atoms with E-state index in [1.807, 2.05) is 0 Å². The first-order chi connectivity index (χ1) is 9.15. The van der Waals surface area contributed by atoms with E-state index in [4.69, 9.17) is 4.42 Å². The predicted molar refractivity (Wildman–Crippen MR) is 83.5 cm³/mol. The second-order valence-electron chi connectivity index (χ2n) is 6.18. The summed E-state index contributed by atoms with van der Waals surface area (Å²) in [4.78, 5) is 0. The van der Waals surface area contributed by atoms with Crippen LogP contribution in [-0.2, 0) is 12.8 Å². The summed E-state index contributed by atoms with van der Waals surface area (Å²) >= 11 is 0. The Labute approximate surface area is 119 Å². The van der Waals surface area contributed by atoms with Crippen molar-refractivity contribution in [2.45, 2.75) is 79.1 Å². The SMILES string of the molecule is CCC(C)CCCc1ccc(CCCC(C)CC)o1. The summed E-state index contributed by atoms with van der Waals surface area (Å²) in [7, 11) is 0. The summed E-state index contributed by atoms with van der Waals surface area (Å²) in [6.07, 6.45) is 9.95. The first kappa shape index (κ1) is 16.3. The third-order valence-corrected chi connectivity index (χ3v) is 4.35. The van der Waals surface area contributed by atoms with Crippen LogP contribution >= 0.6 is 0 Å². The van der Waals surface area contributed by atoms with E-state index in [0.29, 0.717) is 0 Å². The molecule has 1 heteroatoms. The van der Waals surface area contributed by atoms with Crippen molar-refractivity contribution in [2.24, 2.45) is 11.8 Å². The fraction of sp³-hybridized carbons (Fsp3) is 0.778. The molecule has 1 aromatic rings. The molecule has 0 spiro atoms. The Kier molecular flexibility index (Phi) is 7.93. The van der Waals surface area contributed by atoms with Crippen molar-refractivity contribution in [1.29, 1.82) is 0 Å². The zero-order valence-electron chi connectivity index (χ0n) is 13.4. The Morgan fingerprint density at radius 1 is 0.842 bits per heavy atom. The van der Waals surface area contributed by atoms with Gasteiger partial charge in [0.05, 0.1) is 0 Å². The molecule has 0 aliphatic heterocycles. The quantitative estimate of drug-likeness (QED) is 0.504. The maximum Gasteiger partial charge on any atom is 0.104 e. The topological polar surface area (TPSA) is 13.1 Å². The van der Waals surface area contributed by atoms with Gasteiger partial charge < -0.3 is 4.42 Å². The van der Waals surface area contributed by atoms with Crippen LogP contribution in [0.4, 0.5) is 0 Å². The molecule has 0 bridgehead atoms. The Morgan fingerprint density at radius 3 is 1.63 bits per heavy atom. The van der Waals surface area contributed by atoms with Crippen LogP contribution in [-0.4, -0.2) is 0 Å². The van der Waals surface area contributed by atoms with Crippen LogP contribution in [0.2, 0.25) is 0 Å². The summed E-state index contributed by atoms with van der Waals surface area (Å²) in [5.41, 5.74) is 0. The van der Waals surface area contributed by atoms with E-state index in [2.05, 4.69) is 39.8 Å². The van der Waals surface area contributed by atoms with Crippen molar-refractivity contribution in [2.75, 3.05) is 0 Å². The van der Waals surface area contributed by atoms with Crippen LogP contribution in [0.3, 0.4) is 0 Å². The fourth-order valence-electron chi connectivity index (χ4n) is 2.35. The minimum absolute atomic E-state index is 0.852. The molecule has 0 fully saturated rings. The molecule has 0 aromatic carbocycles. The van der Waals surface area contributed by atoms with Gasteiger partial charge in [-0.25, -0.2) is 0 Å². The van der Waals surface area contributed by atoms with Crippen LogP contribution in [0.25, 0.3) is 0 Å². The lowest BCUT2D eigenvalue weighted by Gasteiger charge is -2.07. The van der Waals surface area contributed by atoms with E-state index in [-0.39, 0.29) is 0 Å². The maximum atomic E-state index is 5.91. The van der Waals surface area contributed by atoms with E-state index < -0.39 is 0 Å². The van der Waals surface area contributed by atoms with Crippen LogP contribution in [0, 0.1) is 11.8 Å². The number of hydrogen-bond donors (Lipinski definition) is 0. The second kappa shape index (κ2) is 9.23. The van der Waals surface area contributed by atoms with Gasteiger partial charge in [0.15, 0.2) is 0 Å². The summed E-state index contributed by atoms with van der Waals surface area (Å²) < 4.78 is 5.91. The summed E-state index contributed by atoms with van der Waals surface area (Å²) in [6.45, 7) is 9.21. The van der Waals surface area contributed by atoms with Gasteiger partial charge in [0, 0.05) is 12.8 Å². The largest absolute Gasteiger partial charge is 0.466 e. The molecule has 0 aliphatic rings. The molecule has 19 heavy (non-hydrogen) atoms. The van der Waals surface area contributed by atoms with Gasteiger partial charge in [-0.1, -0.05) is 53.4 Å². The van der Waals surface area contributed by atoms with Gasteiger partial charge in [0.25, 0.3) is 0 Å². The Hall–Kier alpha value is -0.720. The summed E-state index contributed by atoms with van der Waals surface area (Å²) in [6, 6.07) is 4.35. The monoisotopic (exact) mass is 264 g/mol. The average molecular weight is 264 g/mol. The lowest BCUT2D eigenvalue weighted by Crippen LogP contribution is -1.94. The van der Waals surface area contributed by atoms with Gasteiger partial charge in [-0.3, -0.25) is 0 Å². The van der Waals surface area contributed by atoms with Gasteiger partial charge in [-0.2, -0.15) is 0 Å². The van der Waals surface area contributed by atoms with Crippen LogP contribution in [0.5, 0.6) is 0 Å². The predicted octanol–water partition coefficient (Wildman–Crippen LogP) is 6.02. The highest BCUT2D eigenvalue weighted by atomic mass is 16.3. The fourth-order valence-corrected chi connectivity index (χ4v) is 2.35. The van der Waals surface area contributed by atoms with Gasteiger partial charge in [-0.05, 0) is 36.8 Å². The molecule has 1 nitrogen and oxygen atoms in total. The average Bonchev–Trinajstić information content (AvgIpc) is 2.86. The van der Waals surface area contributed by atoms with Crippen LogP contribution < -0.4 is 0 Å². The third kappa shape index (κ3) is 6.84. The molecule has 2 atom stereocenters. The lowest BCUT2D eigenvalue weighted by molar-refractivity contribution is 0.422. The zero-order valence-corrected chi connectivity index (χ0v) is 13.4. The first-order valence-corrected chi connectivity index (χ1v) is 8.23. The Morgan fingerprint density at radius 2 is 1.26 bits per heavy atom. The highest BCUT2D eigenvalue weighted by Gasteiger charge is 2.05. The molecular formula is C18H32O. The van der Waals surface area contributed by atoms with E-state index in [1.54, 1.807) is 0 Å². The summed E-state index contributed by atoms with van der Waals surface area (Å²) in [5.74, 6) is 4.07. The number of aryl methyl sites for hydroxylation is 2. The Bertz CT molecular complexity index is 296. The lowest BCUT2D eigenvalue weighted by atomic mass is 10.0. The molecule has 0 saturated heterocycles. The van der Waals surface area contributed by atoms with E-state index in [9.17, 15) is 0 Å². The molecule has 0 aliphatic carbocycles. The zero-order chi connectivity index (χ0) is 14.1. The van der Waals surface area contributed by atoms with E-state index in [1.165, 1.54) is 50.0 Å². The van der Waals surface area contributed by atoms with Crippen molar-refractivity contribution in [3.8, 4) is 0 Å². The van der Waals surface area contributed by atoms with E-state index >= 15 is 0 Å². The molecule has 1 aromatic heterocycles. The molecular weight excluding hydrogens is 232 g/mol. The molecule has 1 heterocycles. The van der Waals surface area contributed by atoms with Crippen LogP contribution in [0.1, 0.15) is 77.7 Å². The number of rotatable bonds is 10. The van der Waals surface area contributed by atoms with Crippen molar-refractivity contribution < 1.29 is 4.42 Å². The minimum atomic E-state index is 0.852. The molecule has 0 amide bonds. The standard InChI is InChI=1S/C18H32O/c1-5-15(3)9-7-11-17-13-14-18(19-17)12-8-10-16(4)6-2/h13-16H,5-12H2,1-4H3. The first-order valence-electron chi connectivity index (χ1n) is 8.23. The number of hydrogen-bond acceptors (Lipinski definition) is 1. The number of furan rings is 1. The molecule has 2 unspecified atom stereocenters. The van der Waals surface area contributed by atoms with Gasteiger partial charge >= 0.3 is 0 Å². The normalized spacial score (nSPS) is 14.5. The van der Waals surface area contributed by atoms with Crippen molar-refractivity contribution in [3.63, 3.8) is 0 Å². The molecule has 110 valence electrons. The van der Waals surface area contributed by atoms with Crippen molar-refractivity contribution >= 4 is 0 Å². The van der Waals surface area contributed by atoms with Crippen molar-refractivity contribution in [1.82, 2.24) is 0 Å². The molecule has 1 rings (SSSR count). The maximum absolute atomic E-state index is 5.91. The van der Waals surface area contributed by atoms with Gasteiger partial charge in [0.2, 0.25) is 0 Å². The minimum Gasteiger partial charge on any atom is -0.466 e. The molecule has 0 radical (unpaired) electrons. The summed E-state index contributed by atoms with van der Waals surface area (Å²) in [5, 5.41) is 0.